The van der Waals surface area contributed by atoms with Crippen LogP contribution in [-0.2, 0) is 24.6 Å². The van der Waals surface area contributed by atoms with Crippen molar-refractivity contribution in [3.05, 3.63) is 167 Å². The first-order chi connectivity index (χ1) is 29.7. The van der Waals surface area contributed by atoms with Crippen LogP contribution in [0.3, 0.4) is 0 Å². The maximum atomic E-state index is 15.3. The molecule has 1 aliphatic heterocycles. The van der Waals surface area contributed by atoms with E-state index in [1.54, 1.807) is 44.6 Å². The number of allylic oxidation sites excluding steroid dienone is 4. The Bertz CT molecular complexity index is 2650. The van der Waals surface area contributed by atoms with Gasteiger partial charge in [0.25, 0.3) is 0 Å². The zero-order valence-corrected chi connectivity index (χ0v) is 34.1. The van der Waals surface area contributed by atoms with Gasteiger partial charge in [-0.05, 0) is 84.8 Å². The van der Waals surface area contributed by atoms with Crippen LogP contribution in [0.1, 0.15) is 53.5 Å². The number of hydrogen-bond acceptors (Lipinski definition) is 8. The molecule has 2 amide bonds. The molecule has 306 valence electrons. The first kappa shape index (κ1) is 39.5. The minimum absolute atomic E-state index is 0.125. The lowest BCUT2D eigenvalue weighted by atomic mass is 9.44. The number of aromatic hydroxyl groups is 1. The summed E-state index contributed by atoms with van der Waals surface area (Å²) in [6.07, 6.45) is 7.71. The number of benzene rings is 5. The highest BCUT2D eigenvalue weighted by atomic mass is 16.5. The van der Waals surface area contributed by atoms with Gasteiger partial charge >= 0.3 is 0 Å². The number of ether oxygens (including phenoxy) is 3. The number of rotatable bonds is 10. The monoisotopic (exact) mass is 811 g/mol. The van der Waals surface area contributed by atoms with E-state index in [1.807, 2.05) is 116 Å². The van der Waals surface area contributed by atoms with Crippen LogP contribution in [0.4, 0.5) is 5.69 Å². The molecule has 0 unspecified atom stereocenters. The minimum Gasteiger partial charge on any atom is -0.504 e. The van der Waals surface area contributed by atoms with E-state index in [1.165, 1.54) is 11.0 Å². The first-order valence-electron chi connectivity index (χ1n) is 20.6. The average molecular weight is 812 g/mol. The molecule has 0 radical (unpaired) electrons. The number of methoxy groups -OCH3 is 2. The molecule has 3 aliphatic carbocycles. The third-order valence-electron chi connectivity index (χ3n) is 13.1. The molecule has 4 aliphatic rings. The van der Waals surface area contributed by atoms with Crippen LogP contribution in [0, 0.1) is 23.7 Å². The quantitative estimate of drug-likeness (QED) is 0.0844. The fourth-order valence-corrected chi connectivity index (χ4v) is 10.4. The molecule has 0 bridgehead atoms. The van der Waals surface area contributed by atoms with Gasteiger partial charge in [0.2, 0.25) is 11.8 Å². The average Bonchev–Trinajstić information content (AvgIpc) is 3.56. The van der Waals surface area contributed by atoms with Gasteiger partial charge < -0.3 is 19.3 Å². The zero-order valence-electron chi connectivity index (χ0n) is 34.1. The van der Waals surface area contributed by atoms with Crippen LogP contribution in [-0.4, -0.2) is 49.3 Å². The second-order valence-electron chi connectivity index (χ2n) is 16.0. The van der Waals surface area contributed by atoms with Crippen LogP contribution in [0.2, 0.25) is 0 Å². The van der Waals surface area contributed by atoms with Gasteiger partial charge in [-0.15, -0.1) is 0 Å². The fraction of sp³-hybridized carbons (Fsp3) is 0.231. The fourth-order valence-electron chi connectivity index (χ4n) is 10.4. The molecule has 0 spiro atoms. The van der Waals surface area contributed by atoms with Crippen molar-refractivity contribution in [2.45, 2.75) is 31.1 Å². The third-order valence-corrected chi connectivity index (χ3v) is 13.1. The Morgan fingerprint density at radius 2 is 1.51 bits per heavy atom. The van der Waals surface area contributed by atoms with Gasteiger partial charge in [-0.25, -0.2) is 0 Å². The van der Waals surface area contributed by atoms with E-state index in [-0.39, 0.29) is 47.7 Å². The molecule has 9 heteroatoms. The molecule has 1 N–H and O–H groups in total. The van der Waals surface area contributed by atoms with Crippen molar-refractivity contribution in [2.24, 2.45) is 23.7 Å². The van der Waals surface area contributed by atoms with E-state index in [4.69, 9.17) is 14.2 Å². The number of carbonyl (C=O) groups is 4. The third kappa shape index (κ3) is 6.38. The number of ketones is 2. The summed E-state index contributed by atoms with van der Waals surface area (Å²) < 4.78 is 16.8. The van der Waals surface area contributed by atoms with Crippen molar-refractivity contribution in [2.75, 3.05) is 25.7 Å². The Morgan fingerprint density at radius 1 is 0.770 bits per heavy atom. The van der Waals surface area contributed by atoms with E-state index in [9.17, 15) is 14.7 Å². The highest BCUT2D eigenvalue weighted by Crippen LogP contribution is 2.65. The van der Waals surface area contributed by atoms with Gasteiger partial charge in [0, 0.05) is 28.5 Å². The van der Waals surface area contributed by atoms with Crippen molar-refractivity contribution in [3.8, 4) is 23.0 Å². The number of Topliss-reactive ketones (excluding diaryl/α,β-unsaturated/α-hetero) is 1. The maximum Gasteiger partial charge on any atom is 0.238 e. The Morgan fingerprint density at radius 3 is 2.21 bits per heavy atom. The van der Waals surface area contributed by atoms with Crippen LogP contribution >= 0.6 is 0 Å². The van der Waals surface area contributed by atoms with Crippen molar-refractivity contribution >= 4 is 46.8 Å². The largest absolute Gasteiger partial charge is 0.504 e. The lowest BCUT2D eigenvalue weighted by molar-refractivity contribution is -0.135. The first-order valence-corrected chi connectivity index (χ1v) is 20.6. The summed E-state index contributed by atoms with van der Waals surface area (Å²) in [6.45, 7) is 2.12. The predicted octanol–water partition coefficient (Wildman–Crippen LogP) is 9.01. The summed E-state index contributed by atoms with van der Waals surface area (Å²) >= 11 is 0. The second-order valence-corrected chi connectivity index (χ2v) is 16.0. The number of hydrogen-bond donors (Lipinski definition) is 1. The van der Waals surface area contributed by atoms with Gasteiger partial charge in [-0.1, -0.05) is 109 Å². The smallest absolute Gasteiger partial charge is 0.238 e. The van der Waals surface area contributed by atoms with Gasteiger partial charge in [0.1, 0.15) is 11.5 Å². The number of para-hydroxylation sites is 1. The standard InChI is InChI=1S/C52H45NO8/c1-4-61-44-17-11-16-39(49(44)56)47-37-25-26-38-46(51(58)53(50(38)57)35-22-19-31(20-23-35)18-21-33-28-36(59-2)24-27-43(33)60-3)41(37)29-42-48(55)40(32-12-7-5-8-13-32)30-45(54)52(42,47)34-14-9-6-10-15-34/h5-25,27-28,30,38,41-42,46-47,56H,4,26,29H2,1-3H3/t38-,41+,42-,46-,47+,52-/m0/s1. The number of fused-ring (bicyclic) bond motifs is 4. The summed E-state index contributed by atoms with van der Waals surface area (Å²) in [5.41, 5.74) is 3.42. The Hall–Kier alpha value is -7.00. The summed E-state index contributed by atoms with van der Waals surface area (Å²) in [5, 5.41) is 12.0. The number of amides is 2. The van der Waals surface area contributed by atoms with E-state index in [0.29, 0.717) is 46.1 Å². The number of imide groups is 1. The van der Waals surface area contributed by atoms with E-state index >= 15 is 9.59 Å². The molecule has 61 heavy (non-hydrogen) atoms. The number of anilines is 1. The Balaban J connectivity index is 1.14. The second kappa shape index (κ2) is 15.9. The van der Waals surface area contributed by atoms with Gasteiger partial charge in [0.05, 0.1) is 43.8 Å². The lowest BCUT2D eigenvalue weighted by Crippen LogP contribution is -2.58. The molecular formula is C52H45NO8. The summed E-state index contributed by atoms with van der Waals surface area (Å²) in [7, 11) is 3.21. The topological polar surface area (TPSA) is 119 Å². The van der Waals surface area contributed by atoms with Crippen molar-refractivity contribution in [1.29, 1.82) is 0 Å². The molecule has 1 saturated heterocycles. The molecule has 0 aromatic heterocycles. The maximum absolute atomic E-state index is 15.3. The summed E-state index contributed by atoms with van der Waals surface area (Å²) in [6, 6.07) is 36.5. The molecule has 5 aromatic rings. The van der Waals surface area contributed by atoms with Crippen LogP contribution in [0.5, 0.6) is 23.0 Å². The van der Waals surface area contributed by atoms with Crippen LogP contribution in [0.25, 0.3) is 17.7 Å². The minimum atomic E-state index is -1.47. The van der Waals surface area contributed by atoms with E-state index in [0.717, 1.165) is 16.7 Å². The van der Waals surface area contributed by atoms with E-state index < -0.39 is 35.0 Å². The highest BCUT2D eigenvalue weighted by molar-refractivity contribution is 6.32. The normalized spacial score (nSPS) is 24.4. The molecule has 1 saturated carbocycles. The lowest BCUT2D eigenvalue weighted by Gasteiger charge is -2.55. The molecule has 9 nitrogen and oxygen atoms in total. The van der Waals surface area contributed by atoms with E-state index in [2.05, 4.69) is 0 Å². The Labute approximate surface area is 354 Å². The molecule has 2 fully saturated rings. The SMILES string of the molecule is CCOc1cccc([C@H]2C3=CC[C@@H]4C(=O)N(c5ccc(C=Cc6cc(OC)ccc6OC)cc5)C(=O)[C@@H]4[C@@H]3C[C@H]3C(=O)C(c4ccccc4)=CC(=O)[C@@]23c2ccccc2)c1O. The number of phenols is 1. The molecule has 1 heterocycles. The van der Waals surface area contributed by atoms with Crippen molar-refractivity contribution in [3.63, 3.8) is 0 Å². The molecule has 9 rings (SSSR count). The zero-order chi connectivity index (χ0) is 42.4. The van der Waals surface area contributed by atoms with Gasteiger partial charge in [0.15, 0.2) is 23.1 Å². The molecular weight excluding hydrogens is 767 g/mol. The number of phenolic OH excluding ortho intramolecular Hbond substituents is 1. The van der Waals surface area contributed by atoms with Crippen LogP contribution in [0.15, 0.2) is 139 Å². The predicted molar refractivity (Wildman–Crippen MR) is 233 cm³/mol. The van der Waals surface area contributed by atoms with Crippen molar-refractivity contribution in [1.82, 2.24) is 0 Å². The van der Waals surface area contributed by atoms with Gasteiger partial charge in [-0.3, -0.25) is 24.1 Å². The Kier molecular flexibility index (Phi) is 10.3. The number of carbonyl (C=O) groups excluding carboxylic acids is 4. The number of nitrogens with zero attached hydrogens (tertiary/aromatic N) is 1. The summed E-state index contributed by atoms with van der Waals surface area (Å²) in [5.74, 6) is -3.47. The summed E-state index contributed by atoms with van der Waals surface area (Å²) in [4.78, 5) is 61.3. The molecule has 6 atom stereocenters. The highest BCUT2D eigenvalue weighted by Gasteiger charge is 2.66. The molecule has 5 aromatic carbocycles. The van der Waals surface area contributed by atoms with Crippen LogP contribution < -0.4 is 19.1 Å². The van der Waals surface area contributed by atoms with Gasteiger partial charge in [-0.2, -0.15) is 0 Å². The van der Waals surface area contributed by atoms with Crippen molar-refractivity contribution < 1.29 is 38.5 Å².